The average Bonchev–Trinajstić information content (AvgIpc) is 2.59. The fourth-order valence-corrected chi connectivity index (χ4v) is 3.47. The Morgan fingerprint density at radius 2 is 1.67 bits per heavy atom. The summed E-state index contributed by atoms with van der Waals surface area (Å²) in [4.78, 5) is 26.0. The van der Waals surface area contributed by atoms with Crippen molar-refractivity contribution in [1.29, 1.82) is 0 Å². The molecule has 0 radical (unpaired) electrons. The van der Waals surface area contributed by atoms with E-state index in [4.69, 9.17) is 0 Å². The molecule has 1 aromatic rings. The highest BCUT2D eigenvalue weighted by Gasteiger charge is 2.43. The van der Waals surface area contributed by atoms with E-state index in [0.717, 1.165) is 5.56 Å². The molecule has 2 saturated heterocycles. The summed E-state index contributed by atoms with van der Waals surface area (Å²) in [5.41, 5.74) is 0.761. The third-order valence-electron chi connectivity index (χ3n) is 5.08. The number of piperazine rings is 1. The van der Waals surface area contributed by atoms with Crippen LogP contribution in [0.25, 0.3) is 0 Å². The molecule has 30 heavy (non-hydrogen) atoms. The lowest BCUT2D eigenvalue weighted by Crippen LogP contribution is -2.64. The van der Waals surface area contributed by atoms with E-state index in [1.54, 1.807) is 0 Å². The molecular weight excluding hydrogens is 420 g/mol. The summed E-state index contributed by atoms with van der Waals surface area (Å²) >= 11 is 0. The molecule has 1 N–H and O–H groups in total. The number of hydrogen-bond acceptors (Lipinski definition) is 5. The van der Waals surface area contributed by atoms with E-state index in [2.05, 4.69) is 15.0 Å². The van der Waals surface area contributed by atoms with Crippen molar-refractivity contribution >= 4 is 11.7 Å². The molecule has 1 aromatic carbocycles. The van der Waals surface area contributed by atoms with Crippen LogP contribution in [0.4, 0.5) is 26.3 Å². The Kier molecular flexibility index (Phi) is 6.27. The smallest absolute Gasteiger partial charge is 0.406 e. The summed E-state index contributed by atoms with van der Waals surface area (Å²) in [6, 6.07) is 5.31. The van der Waals surface area contributed by atoms with E-state index < -0.39 is 30.6 Å². The summed E-state index contributed by atoms with van der Waals surface area (Å²) in [5, 5.41) is 3.26. The van der Waals surface area contributed by atoms with Gasteiger partial charge in [-0.3, -0.25) is 14.5 Å². The minimum absolute atomic E-state index is 0.0487. The van der Waals surface area contributed by atoms with Crippen molar-refractivity contribution in [1.82, 2.24) is 15.1 Å². The SMILES string of the molecule is O=C(CC(=O)C(F)(F)F)N1CC(N2CCNC(c3ccc(OC(F)(F)F)cc3)C2)C1. The predicted octanol–water partition coefficient (Wildman–Crippen LogP) is 2.26. The molecule has 0 aliphatic carbocycles. The van der Waals surface area contributed by atoms with Crippen LogP contribution in [0.15, 0.2) is 24.3 Å². The van der Waals surface area contributed by atoms with Crippen LogP contribution in [-0.4, -0.2) is 72.8 Å². The van der Waals surface area contributed by atoms with Crippen LogP contribution >= 0.6 is 0 Å². The molecular formula is C18H19F6N3O3. The number of ether oxygens (including phenoxy) is 1. The molecule has 3 rings (SSSR count). The number of amides is 1. The Morgan fingerprint density at radius 1 is 1.03 bits per heavy atom. The van der Waals surface area contributed by atoms with Crippen molar-refractivity contribution in [2.45, 2.75) is 31.0 Å². The van der Waals surface area contributed by atoms with Gasteiger partial charge < -0.3 is 15.0 Å². The molecule has 0 spiro atoms. The molecule has 2 heterocycles. The average molecular weight is 439 g/mol. The number of halogens is 6. The van der Waals surface area contributed by atoms with Gasteiger partial charge in [-0.05, 0) is 17.7 Å². The summed E-state index contributed by atoms with van der Waals surface area (Å²) in [6.07, 6.45) is -11.0. The van der Waals surface area contributed by atoms with Crippen LogP contribution in [0.5, 0.6) is 5.75 Å². The topological polar surface area (TPSA) is 61.9 Å². The van der Waals surface area contributed by atoms with Crippen molar-refractivity contribution in [2.75, 3.05) is 32.7 Å². The van der Waals surface area contributed by atoms with Gasteiger partial charge in [-0.15, -0.1) is 13.2 Å². The summed E-state index contributed by atoms with van der Waals surface area (Å²) < 4.78 is 77.4. The second-order valence-corrected chi connectivity index (χ2v) is 7.17. The van der Waals surface area contributed by atoms with E-state index in [1.165, 1.54) is 29.2 Å². The largest absolute Gasteiger partial charge is 0.573 e. The highest BCUT2D eigenvalue weighted by atomic mass is 19.4. The maximum atomic E-state index is 12.3. The first-order chi connectivity index (χ1) is 13.9. The van der Waals surface area contributed by atoms with Crippen molar-refractivity contribution < 1.29 is 40.7 Å². The van der Waals surface area contributed by atoms with Gasteiger partial charge >= 0.3 is 12.5 Å². The number of carbonyl (C=O) groups excluding carboxylic acids is 2. The van der Waals surface area contributed by atoms with Gasteiger partial charge in [0.15, 0.2) is 0 Å². The number of nitrogens with one attached hydrogen (secondary N) is 1. The number of benzene rings is 1. The zero-order chi connectivity index (χ0) is 22.1. The molecule has 2 aliphatic heterocycles. The van der Waals surface area contributed by atoms with Crippen molar-refractivity contribution in [3.63, 3.8) is 0 Å². The van der Waals surface area contributed by atoms with E-state index >= 15 is 0 Å². The van der Waals surface area contributed by atoms with Crippen LogP contribution in [0.1, 0.15) is 18.0 Å². The van der Waals surface area contributed by atoms with Crippen LogP contribution in [0.2, 0.25) is 0 Å². The third-order valence-corrected chi connectivity index (χ3v) is 5.08. The van der Waals surface area contributed by atoms with Gasteiger partial charge in [0.05, 0.1) is 6.42 Å². The first-order valence-electron chi connectivity index (χ1n) is 9.13. The Morgan fingerprint density at radius 3 is 2.23 bits per heavy atom. The Labute approximate surface area is 167 Å². The minimum atomic E-state index is -5.02. The predicted molar refractivity (Wildman–Crippen MR) is 91.5 cm³/mol. The summed E-state index contributed by atoms with van der Waals surface area (Å²) in [5.74, 6) is -3.22. The Bertz CT molecular complexity index is 775. The van der Waals surface area contributed by atoms with Crippen LogP contribution in [0, 0.1) is 0 Å². The standard InChI is InChI=1S/C18H19F6N3O3/c19-17(20,21)15(28)7-16(29)27-8-12(9-27)26-6-5-25-14(10-26)11-1-3-13(4-2-11)30-18(22,23)24/h1-4,12,14,25H,5-10H2. The number of hydrogen-bond donors (Lipinski definition) is 1. The number of rotatable bonds is 5. The lowest BCUT2D eigenvalue weighted by Gasteiger charge is -2.48. The van der Waals surface area contributed by atoms with Crippen molar-refractivity contribution in [3.8, 4) is 5.75 Å². The maximum Gasteiger partial charge on any atom is 0.573 e. The molecule has 1 amide bonds. The van der Waals surface area contributed by atoms with Gasteiger partial charge in [0.1, 0.15) is 5.75 Å². The van der Waals surface area contributed by atoms with Gasteiger partial charge in [0.2, 0.25) is 11.7 Å². The number of carbonyl (C=O) groups is 2. The second-order valence-electron chi connectivity index (χ2n) is 7.17. The first-order valence-corrected chi connectivity index (χ1v) is 9.13. The van der Waals surface area contributed by atoms with Crippen LogP contribution in [0.3, 0.4) is 0 Å². The quantitative estimate of drug-likeness (QED) is 0.564. The minimum Gasteiger partial charge on any atom is -0.406 e. The number of Topliss-reactive ketones (excluding diaryl/α,β-unsaturated/α-hetero) is 1. The number of nitrogens with zero attached hydrogens (tertiary/aromatic N) is 2. The summed E-state index contributed by atoms with van der Waals surface area (Å²) in [7, 11) is 0. The van der Waals surface area contributed by atoms with Gasteiger partial charge in [-0.1, -0.05) is 12.1 Å². The highest BCUT2D eigenvalue weighted by molar-refractivity contribution is 6.00. The molecule has 0 aromatic heterocycles. The number of alkyl halides is 6. The fourth-order valence-electron chi connectivity index (χ4n) is 3.47. The van der Waals surface area contributed by atoms with Gasteiger partial charge in [0, 0.05) is 44.8 Å². The van der Waals surface area contributed by atoms with E-state index in [0.29, 0.717) is 19.6 Å². The number of likely N-dealkylation sites (tertiary alicyclic amines) is 1. The van der Waals surface area contributed by atoms with Crippen molar-refractivity contribution in [2.24, 2.45) is 0 Å². The first kappa shape index (κ1) is 22.3. The summed E-state index contributed by atoms with van der Waals surface area (Å²) in [6.45, 7) is 2.24. The second kappa shape index (κ2) is 8.42. The molecule has 166 valence electrons. The maximum absolute atomic E-state index is 12.3. The lowest BCUT2D eigenvalue weighted by molar-refractivity contribution is -0.274. The molecule has 0 saturated carbocycles. The lowest BCUT2D eigenvalue weighted by atomic mass is 10.00. The molecule has 6 nitrogen and oxygen atoms in total. The van der Waals surface area contributed by atoms with Crippen LogP contribution < -0.4 is 10.1 Å². The van der Waals surface area contributed by atoms with Crippen LogP contribution in [-0.2, 0) is 9.59 Å². The van der Waals surface area contributed by atoms with E-state index in [1.807, 2.05) is 0 Å². The van der Waals surface area contributed by atoms with Gasteiger partial charge in [-0.25, -0.2) is 0 Å². The number of ketones is 1. The third kappa shape index (κ3) is 5.63. The fraction of sp³-hybridized carbons (Fsp3) is 0.556. The molecule has 2 aliphatic rings. The Hall–Kier alpha value is -2.34. The highest BCUT2D eigenvalue weighted by Crippen LogP contribution is 2.27. The molecule has 1 atom stereocenters. The normalized spacial score (nSPS) is 21.3. The zero-order valence-electron chi connectivity index (χ0n) is 15.6. The molecule has 2 fully saturated rings. The molecule has 12 heteroatoms. The van der Waals surface area contributed by atoms with Gasteiger partial charge in [0.25, 0.3) is 0 Å². The van der Waals surface area contributed by atoms with E-state index in [-0.39, 0.29) is 30.9 Å². The van der Waals surface area contributed by atoms with Crippen molar-refractivity contribution in [3.05, 3.63) is 29.8 Å². The monoisotopic (exact) mass is 439 g/mol. The molecule has 0 bridgehead atoms. The van der Waals surface area contributed by atoms with Gasteiger partial charge in [-0.2, -0.15) is 13.2 Å². The van der Waals surface area contributed by atoms with E-state index in [9.17, 15) is 35.9 Å². The molecule has 1 unspecified atom stereocenters. The zero-order valence-corrected chi connectivity index (χ0v) is 15.6. The Balaban J connectivity index is 1.50.